The van der Waals surface area contributed by atoms with Crippen molar-refractivity contribution >= 4 is 29.0 Å². The minimum atomic E-state index is -1.33. The summed E-state index contributed by atoms with van der Waals surface area (Å²) in [7, 11) is 0. The summed E-state index contributed by atoms with van der Waals surface area (Å²) in [5, 5.41) is 17.0. The average Bonchev–Trinajstić information content (AvgIpc) is 3.67. The Morgan fingerprint density at radius 3 is 2.55 bits per heavy atom. The number of benzene rings is 1. The number of hydrogen-bond acceptors (Lipinski definition) is 6. The molecule has 1 fully saturated rings. The quantitative estimate of drug-likeness (QED) is 0.135. The largest absolute Gasteiger partial charge is 0.465 e. The molecule has 0 unspecified atom stereocenters. The first kappa shape index (κ1) is 31.1. The molecule has 11 heteroatoms. The third-order valence-electron chi connectivity index (χ3n) is 7.34. The maximum absolute atomic E-state index is 12.4. The van der Waals surface area contributed by atoms with Crippen LogP contribution in [0.4, 0.5) is 9.59 Å². The molecule has 0 saturated carbocycles. The van der Waals surface area contributed by atoms with Crippen LogP contribution in [0.2, 0.25) is 0 Å². The molecule has 4 rings (SSSR count). The molecule has 2 aromatic heterocycles. The van der Waals surface area contributed by atoms with E-state index in [4.69, 9.17) is 14.2 Å². The number of aryl methyl sites for hydroxylation is 1. The van der Waals surface area contributed by atoms with Crippen molar-refractivity contribution in [1.82, 2.24) is 24.9 Å². The normalized spacial score (nSPS) is 15.9. The average molecular weight is 581 g/mol. The van der Waals surface area contributed by atoms with E-state index in [1.54, 1.807) is 25.7 Å². The van der Waals surface area contributed by atoms with E-state index in [9.17, 15) is 14.7 Å². The van der Waals surface area contributed by atoms with Gasteiger partial charge in [-0.15, -0.1) is 4.99 Å². The molecule has 3 heterocycles. The second-order valence-electron chi connectivity index (χ2n) is 11.9. The Balaban J connectivity index is 1.50. The summed E-state index contributed by atoms with van der Waals surface area (Å²) in [6.45, 7) is 8.78. The minimum absolute atomic E-state index is 0.124. The second-order valence-corrected chi connectivity index (χ2v) is 11.9. The number of amides is 2. The zero-order valence-electron chi connectivity index (χ0n) is 25.3. The lowest BCUT2D eigenvalue weighted by Gasteiger charge is -2.25. The second kappa shape index (κ2) is 14.3. The summed E-state index contributed by atoms with van der Waals surface area (Å²) in [6.07, 6.45) is 11.4. The summed E-state index contributed by atoms with van der Waals surface area (Å²) >= 11 is 0. The number of fused-ring (bicyclic) bond motifs is 1. The van der Waals surface area contributed by atoms with Crippen LogP contribution in [0.1, 0.15) is 104 Å². The molecule has 1 atom stereocenters. The van der Waals surface area contributed by atoms with Crippen LogP contribution in [0.15, 0.2) is 40.0 Å². The highest BCUT2D eigenvalue weighted by molar-refractivity contribution is 5.98. The molecule has 0 radical (unpaired) electrons. The van der Waals surface area contributed by atoms with Crippen molar-refractivity contribution in [2.24, 2.45) is 4.99 Å². The first-order valence-electron chi connectivity index (χ1n) is 15.2. The van der Waals surface area contributed by atoms with E-state index in [0.717, 1.165) is 35.9 Å². The van der Waals surface area contributed by atoms with Crippen LogP contribution in [-0.4, -0.2) is 55.0 Å². The molecule has 1 aromatic carbocycles. The van der Waals surface area contributed by atoms with Crippen LogP contribution in [-0.2, 0) is 11.3 Å². The van der Waals surface area contributed by atoms with E-state index < -0.39 is 23.8 Å². The fourth-order valence-corrected chi connectivity index (χ4v) is 5.41. The number of nitrogens with zero attached hydrogens (tertiary/aromatic N) is 5. The SMILES string of the molecule is CCCCCCCCCCn1cc(-c2noc([C@@H]3CCCN3/C(=N\C(=O)OC(C)(C)C)NC(=O)O)n2)c2ccccc21. The van der Waals surface area contributed by atoms with E-state index >= 15 is 0 Å². The van der Waals surface area contributed by atoms with E-state index in [-0.39, 0.29) is 5.96 Å². The summed E-state index contributed by atoms with van der Waals surface area (Å²) in [4.78, 5) is 34.3. The lowest BCUT2D eigenvalue weighted by molar-refractivity contribution is 0.0600. The lowest BCUT2D eigenvalue weighted by Crippen LogP contribution is -2.44. The van der Waals surface area contributed by atoms with Crippen LogP contribution in [0, 0.1) is 0 Å². The van der Waals surface area contributed by atoms with Crippen LogP contribution in [0.25, 0.3) is 22.3 Å². The molecule has 2 amide bonds. The van der Waals surface area contributed by atoms with Crippen molar-refractivity contribution in [3.05, 3.63) is 36.4 Å². The van der Waals surface area contributed by atoms with Gasteiger partial charge in [0, 0.05) is 35.8 Å². The first-order chi connectivity index (χ1) is 20.2. The van der Waals surface area contributed by atoms with Crippen molar-refractivity contribution in [2.45, 2.75) is 110 Å². The number of aromatic nitrogens is 3. The Bertz CT molecular complexity index is 1370. The van der Waals surface area contributed by atoms with Gasteiger partial charge in [0.05, 0.1) is 0 Å². The standard InChI is InChI=1S/C31H44N6O5/c1-5-6-7-8-9-10-11-14-19-36-21-23(22-16-12-13-17-24(22)36)26-32-27(42-35-26)25-18-15-20-37(25)28(33-29(38)39)34-30(40)41-31(2,3)4/h12-13,16-17,21,25H,5-11,14-15,18-20H2,1-4H3,(H,38,39)(H,33,34,40)/t25-/m0/s1. The summed E-state index contributed by atoms with van der Waals surface area (Å²) in [5.41, 5.74) is 1.24. The topological polar surface area (TPSA) is 135 Å². The van der Waals surface area contributed by atoms with Crippen LogP contribution in [0.3, 0.4) is 0 Å². The zero-order valence-corrected chi connectivity index (χ0v) is 25.3. The van der Waals surface area contributed by atoms with Gasteiger partial charge in [-0.25, -0.2) is 9.59 Å². The fraction of sp³-hybridized carbons (Fsp3) is 0.581. The van der Waals surface area contributed by atoms with Crippen molar-refractivity contribution in [2.75, 3.05) is 6.54 Å². The van der Waals surface area contributed by atoms with E-state index in [0.29, 0.717) is 24.7 Å². The number of carboxylic acid groups (broad SMARTS) is 1. The zero-order chi connectivity index (χ0) is 30.1. The number of hydrogen-bond donors (Lipinski definition) is 2. The molecule has 42 heavy (non-hydrogen) atoms. The number of rotatable bonds is 11. The molecule has 0 spiro atoms. The number of unbranched alkanes of at least 4 members (excludes halogenated alkanes) is 7. The van der Waals surface area contributed by atoms with Crippen molar-refractivity contribution < 1.29 is 24.0 Å². The molecule has 1 aliphatic rings. The minimum Gasteiger partial charge on any atom is -0.465 e. The smallest absolute Gasteiger partial charge is 0.437 e. The van der Waals surface area contributed by atoms with E-state index in [2.05, 4.69) is 45.3 Å². The third kappa shape index (κ3) is 8.33. The highest BCUT2D eigenvalue weighted by atomic mass is 16.6. The van der Waals surface area contributed by atoms with Crippen LogP contribution < -0.4 is 5.32 Å². The van der Waals surface area contributed by atoms with Crippen molar-refractivity contribution in [1.29, 1.82) is 0 Å². The molecule has 1 aliphatic heterocycles. The molecule has 228 valence electrons. The Morgan fingerprint density at radius 2 is 1.83 bits per heavy atom. The van der Waals surface area contributed by atoms with Gasteiger partial charge < -0.3 is 23.8 Å². The van der Waals surface area contributed by atoms with Crippen molar-refractivity contribution in [3.63, 3.8) is 0 Å². The molecule has 0 aliphatic carbocycles. The molecule has 1 saturated heterocycles. The Labute approximate surface area is 247 Å². The number of para-hydroxylation sites is 1. The Morgan fingerprint density at radius 1 is 1.12 bits per heavy atom. The number of aliphatic imine (C=N–C) groups is 1. The molecule has 3 aromatic rings. The Kier molecular flexibility index (Phi) is 10.6. The highest BCUT2D eigenvalue weighted by Gasteiger charge is 2.35. The van der Waals surface area contributed by atoms with Gasteiger partial charge >= 0.3 is 12.2 Å². The van der Waals surface area contributed by atoms with Gasteiger partial charge in [-0.3, -0.25) is 5.32 Å². The van der Waals surface area contributed by atoms with Gasteiger partial charge in [-0.1, -0.05) is 75.2 Å². The number of guanidine groups is 1. The number of likely N-dealkylation sites (tertiary alicyclic amines) is 1. The summed E-state index contributed by atoms with van der Waals surface area (Å²) < 4.78 is 13.3. The van der Waals surface area contributed by atoms with Crippen LogP contribution in [0.5, 0.6) is 0 Å². The van der Waals surface area contributed by atoms with Gasteiger partial charge in [0.25, 0.3) is 0 Å². The molecular formula is C31H44N6O5. The molecular weight excluding hydrogens is 536 g/mol. The van der Waals surface area contributed by atoms with Gasteiger partial charge in [-0.05, 0) is 46.1 Å². The fourth-order valence-electron chi connectivity index (χ4n) is 5.41. The van der Waals surface area contributed by atoms with E-state index in [1.807, 2.05) is 12.1 Å². The number of carbonyl (C=O) groups excluding carboxylic acids is 1. The maximum atomic E-state index is 12.4. The van der Waals surface area contributed by atoms with Gasteiger partial charge in [0.2, 0.25) is 17.7 Å². The summed E-state index contributed by atoms with van der Waals surface area (Å²) in [6, 6.07) is 7.78. The molecule has 11 nitrogen and oxygen atoms in total. The summed E-state index contributed by atoms with van der Waals surface area (Å²) in [5.74, 6) is 0.687. The third-order valence-corrected chi connectivity index (χ3v) is 7.34. The van der Waals surface area contributed by atoms with Gasteiger partial charge in [0.15, 0.2) is 0 Å². The first-order valence-corrected chi connectivity index (χ1v) is 15.2. The van der Waals surface area contributed by atoms with E-state index in [1.165, 1.54) is 44.9 Å². The van der Waals surface area contributed by atoms with Gasteiger partial charge in [0.1, 0.15) is 11.6 Å². The number of carbonyl (C=O) groups is 2. The highest BCUT2D eigenvalue weighted by Crippen LogP contribution is 2.34. The molecule has 0 bridgehead atoms. The van der Waals surface area contributed by atoms with Gasteiger partial charge in [-0.2, -0.15) is 4.98 Å². The monoisotopic (exact) mass is 580 g/mol. The number of ether oxygens (including phenoxy) is 1. The van der Waals surface area contributed by atoms with Crippen molar-refractivity contribution in [3.8, 4) is 11.4 Å². The lowest BCUT2D eigenvalue weighted by atomic mass is 10.1. The predicted molar refractivity (Wildman–Crippen MR) is 161 cm³/mol. The Hall–Kier alpha value is -3.89. The van der Waals surface area contributed by atoms with Crippen LogP contribution >= 0.6 is 0 Å². The maximum Gasteiger partial charge on any atom is 0.437 e. The predicted octanol–water partition coefficient (Wildman–Crippen LogP) is 7.53. The number of nitrogens with one attached hydrogen (secondary N) is 1. The molecule has 2 N–H and O–H groups in total.